The zero-order valence-electron chi connectivity index (χ0n) is 14.9. The third-order valence-electron chi connectivity index (χ3n) is 4.98. The minimum Gasteiger partial charge on any atom is -0.326 e. The molecule has 1 aliphatic rings. The van der Waals surface area contributed by atoms with Crippen LogP contribution in [0.5, 0.6) is 0 Å². The number of ketones is 1. The standard InChI is InChI=1S/C19H19F4N3O2/c20-18(16(27)11-13-3-1-2-4-14(13)19(21,22)23)5-9-26(10-6-18)12-15-17(28)25-8-7-24-15/h1-4,7-8H,5-6,9-12H2,(H,25,28). The average molecular weight is 397 g/mol. The molecule has 0 spiro atoms. The van der Waals surface area contributed by atoms with E-state index in [-0.39, 0.29) is 43.6 Å². The van der Waals surface area contributed by atoms with Gasteiger partial charge in [-0.2, -0.15) is 13.2 Å². The van der Waals surface area contributed by atoms with Crippen molar-refractivity contribution in [2.75, 3.05) is 13.1 Å². The lowest BCUT2D eigenvalue weighted by Gasteiger charge is -2.35. The molecule has 0 unspecified atom stereocenters. The van der Waals surface area contributed by atoms with Gasteiger partial charge in [-0.1, -0.05) is 18.2 Å². The maximum atomic E-state index is 15.1. The Kier molecular flexibility index (Phi) is 5.64. The number of rotatable bonds is 5. The van der Waals surface area contributed by atoms with Crippen molar-refractivity contribution < 1.29 is 22.4 Å². The van der Waals surface area contributed by atoms with Gasteiger partial charge in [0.1, 0.15) is 5.69 Å². The van der Waals surface area contributed by atoms with Crippen LogP contribution in [0, 0.1) is 0 Å². The molecule has 1 fully saturated rings. The monoisotopic (exact) mass is 397 g/mol. The summed E-state index contributed by atoms with van der Waals surface area (Å²) in [6.45, 7) is 0.635. The van der Waals surface area contributed by atoms with Crippen LogP contribution in [0.15, 0.2) is 41.5 Å². The number of nitrogens with one attached hydrogen (secondary N) is 1. The molecule has 0 aliphatic carbocycles. The Morgan fingerprint density at radius 2 is 1.89 bits per heavy atom. The number of carbonyl (C=O) groups is 1. The molecular weight excluding hydrogens is 378 g/mol. The number of halogens is 4. The maximum Gasteiger partial charge on any atom is 0.416 e. The number of likely N-dealkylation sites (tertiary alicyclic amines) is 1. The van der Waals surface area contributed by atoms with Crippen LogP contribution in [-0.2, 0) is 23.9 Å². The minimum atomic E-state index is -4.60. The molecule has 0 bridgehead atoms. The highest BCUT2D eigenvalue weighted by molar-refractivity contribution is 5.89. The molecule has 28 heavy (non-hydrogen) atoms. The number of piperidine rings is 1. The highest BCUT2D eigenvalue weighted by Gasteiger charge is 2.42. The summed E-state index contributed by atoms with van der Waals surface area (Å²) in [4.78, 5) is 32.4. The Labute approximate surface area is 158 Å². The molecule has 9 heteroatoms. The Hall–Kier alpha value is -2.55. The lowest BCUT2D eigenvalue weighted by atomic mass is 9.85. The summed E-state index contributed by atoms with van der Waals surface area (Å²) >= 11 is 0. The van der Waals surface area contributed by atoms with Gasteiger partial charge in [0, 0.05) is 51.3 Å². The summed E-state index contributed by atoms with van der Waals surface area (Å²) in [5.41, 5.74) is -3.36. The first-order valence-electron chi connectivity index (χ1n) is 8.81. The summed E-state index contributed by atoms with van der Waals surface area (Å²) in [5, 5.41) is 0. The molecule has 3 rings (SSSR count). The first-order valence-corrected chi connectivity index (χ1v) is 8.81. The molecular formula is C19H19F4N3O2. The number of benzene rings is 1. The van der Waals surface area contributed by atoms with Gasteiger partial charge >= 0.3 is 6.18 Å². The highest BCUT2D eigenvalue weighted by atomic mass is 19.4. The second-order valence-corrected chi connectivity index (χ2v) is 6.86. The van der Waals surface area contributed by atoms with Crippen LogP contribution in [0.2, 0.25) is 0 Å². The van der Waals surface area contributed by atoms with Crippen LogP contribution in [0.1, 0.15) is 29.7 Å². The molecule has 0 atom stereocenters. The van der Waals surface area contributed by atoms with E-state index >= 15 is 4.39 Å². The van der Waals surface area contributed by atoms with Crippen molar-refractivity contribution in [3.63, 3.8) is 0 Å². The van der Waals surface area contributed by atoms with Crippen molar-refractivity contribution in [2.24, 2.45) is 0 Å². The Morgan fingerprint density at radius 3 is 2.54 bits per heavy atom. The van der Waals surface area contributed by atoms with Crippen LogP contribution < -0.4 is 5.56 Å². The molecule has 1 aromatic heterocycles. The SMILES string of the molecule is O=C(Cc1ccccc1C(F)(F)F)C1(F)CCN(Cc2ncc[nH]c2=O)CC1. The molecule has 2 aromatic rings. The molecule has 1 saturated heterocycles. The predicted octanol–water partition coefficient (Wildman–Crippen LogP) is 2.90. The average Bonchev–Trinajstić information content (AvgIpc) is 2.65. The molecule has 1 aromatic carbocycles. The molecule has 0 saturated carbocycles. The van der Waals surface area contributed by atoms with Gasteiger partial charge in [-0.3, -0.25) is 19.5 Å². The Morgan fingerprint density at radius 1 is 1.21 bits per heavy atom. The number of aromatic nitrogens is 2. The molecule has 150 valence electrons. The van der Waals surface area contributed by atoms with Gasteiger partial charge in [0.15, 0.2) is 11.5 Å². The van der Waals surface area contributed by atoms with E-state index in [9.17, 15) is 22.8 Å². The topological polar surface area (TPSA) is 66.1 Å². The van der Waals surface area contributed by atoms with Gasteiger partial charge in [0.2, 0.25) is 0 Å². The molecule has 1 N–H and O–H groups in total. The molecule has 0 radical (unpaired) electrons. The summed E-state index contributed by atoms with van der Waals surface area (Å²) in [6.07, 6.45) is -2.62. The van der Waals surface area contributed by atoms with E-state index in [1.807, 2.05) is 0 Å². The summed E-state index contributed by atoms with van der Waals surface area (Å²) in [6, 6.07) is 4.72. The molecule has 1 aliphatic heterocycles. The molecule has 2 heterocycles. The van der Waals surface area contributed by atoms with Crippen molar-refractivity contribution in [3.8, 4) is 0 Å². The zero-order valence-corrected chi connectivity index (χ0v) is 14.9. The smallest absolute Gasteiger partial charge is 0.326 e. The zero-order chi connectivity index (χ0) is 20.4. The van der Waals surface area contributed by atoms with E-state index in [4.69, 9.17) is 0 Å². The van der Waals surface area contributed by atoms with Crippen molar-refractivity contribution in [1.82, 2.24) is 14.9 Å². The quantitative estimate of drug-likeness (QED) is 0.788. The van der Waals surface area contributed by atoms with Crippen molar-refractivity contribution >= 4 is 5.78 Å². The second kappa shape index (κ2) is 7.83. The van der Waals surface area contributed by atoms with Gasteiger partial charge in [0.25, 0.3) is 5.56 Å². The van der Waals surface area contributed by atoms with E-state index in [1.54, 1.807) is 4.90 Å². The fourth-order valence-electron chi connectivity index (χ4n) is 3.33. The largest absolute Gasteiger partial charge is 0.416 e. The Balaban J connectivity index is 1.65. The number of carbonyl (C=O) groups excluding carboxylic acids is 1. The van der Waals surface area contributed by atoms with Crippen LogP contribution >= 0.6 is 0 Å². The van der Waals surface area contributed by atoms with Crippen LogP contribution in [0.3, 0.4) is 0 Å². The maximum absolute atomic E-state index is 15.1. The number of hydrogen-bond acceptors (Lipinski definition) is 4. The van der Waals surface area contributed by atoms with Crippen LogP contribution in [0.25, 0.3) is 0 Å². The normalized spacial score (nSPS) is 17.4. The number of alkyl halides is 4. The second-order valence-electron chi connectivity index (χ2n) is 6.86. The lowest BCUT2D eigenvalue weighted by molar-refractivity contribution is -0.139. The first-order chi connectivity index (χ1) is 13.2. The summed E-state index contributed by atoms with van der Waals surface area (Å²) < 4.78 is 54.4. The van der Waals surface area contributed by atoms with Gasteiger partial charge in [-0.05, 0) is 11.6 Å². The van der Waals surface area contributed by atoms with Gasteiger partial charge < -0.3 is 4.98 Å². The van der Waals surface area contributed by atoms with Gasteiger partial charge in [-0.15, -0.1) is 0 Å². The first kappa shape index (κ1) is 20.2. The molecule has 0 amide bonds. The van der Waals surface area contributed by atoms with E-state index < -0.39 is 29.6 Å². The third-order valence-corrected chi connectivity index (χ3v) is 4.98. The lowest BCUT2D eigenvalue weighted by Crippen LogP contribution is -2.47. The van der Waals surface area contributed by atoms with Gasteiger partial charge in [-0.25, -0.2) is 4.39 Å². The fraction of sp³-hybridized carbons (Fsp3) is 0.421. The Bertz CT molecular complexity index is 902. The number of Topliss-reactive ketones (excluding diaryl/α,β-unsaturated/α-hetero) is 1. The number of hydrogen-bond donors (Lipinski definition) is 1. The predicted molar refractivity (Wildman–Crippen MR) is 93.4 cm³/mol. The van der Waals surface area contributed by atoms with Crippen molar-refractivity contribution in [3.05, 3.63) is 63.8 Å². The number of H-pyrrole nitrogens is 1. The van der Waals surface area contributed by atoms with E-state index in [2.05, 4.69) is 9.97 Å². The van der Waals surface area contributed by atoms with E-state index in [0.29, 0.717) is 5.69 Å². The van der Waals surface area contributed by atoms with Crippen molar-refractivity contribution in [2.45, 2.75) is 37.7 Å². The molecule has 5 nitrogen and oxygen atoms in total. The van der Waals surface area contributed by atoms with Crippen molar-refractivity contribution in [1.29, 1.82) is 0 Å². The fourth-order valence-corrected chi connectivity index (χ4v) is 3.33. The van der Waals surface area contributed by atoms with Crippen LogP contribution in [-0.4, -0.2) is 39.4 Å². The van der Waals surface area contributed by atoms with Crippen LogP contribution in [0.4, 0.5) is 17.6 Å². The minimum absolute atomic E-state index is 0.134. The highest BCUT2D eigenvalue weighted by Crippen LogP contribution is 2.34. The third kappa shape index (κ3) is 4.46. The summed E-state index contributed by atoms with van der Waals surface area (Å²) in [7, 11) is 0. The summed E-state index contributed by atoms with van der Waals surface area (Å²) in [5.74, 6) is -0.848. The van der Waals surface area contributed by atoms with Gasteiger partial charge in [0.05, 0.1) is 5.56 Å². The number of aromatic amines is 1. The number of nitrogens with zero attached hydrogens (tertiary/aromatic N) is 2. The van der Waals surface area contributed by atoms with E-state index in [1.165, 1.54) is 30.6 Å². The van der Waals surface area contributed by atoms with E-state index in [0.717, 1.165) is 6.07 Å².